The summed E-state index contributed by atoms with van der Waals surface area (Å²) < 4.78 is 5.89. The maximum absolute atomic E-state index is 13.8. The lowest BCUT2D eigenvalue weighted by atomic mass is 10.0. The number of aliphatic hydroxyl groups is 4. The molecule has 0 aromatic heterocycles. The van der Waals surface area contributed by atoms with Crippen LogP contribution in [0.1, 0.15) is 284 Å². The van der Waals surface area contributed by atoms with Crippen LogP contribution in [0.4, 0.5) is 0 Å². The van der Waals surface area contributed by atoms with Crippen LogP contribution in [-0.4, -0.2) is 118 Å². The van der Waals surface area contributed by atoms with Gasteiger partial charge in [-0.1, -0.05) is 263 Å². The summed E-state index contributed by atoms with van der Waals surface area (Å²) in [5.41, 5.74) is 0.930. The van der Waals surface area contributed by atoms with Gasteiger partial charge in [0.05, 0.1) is 31.0 Å². The molecule has 1 aromatic rings. The minimum absolute atomic E-state index is 0.177. The van der Waals surface area contributed by atoms with Crippen LogP contribution in [0.25, 0.3) is 0 Å². The van der Waals surface area contributed by atoms with Crippen LogP contribution in [0.3, 0.4) is 0 Å². The van der Waals surface area contributed by atoms with E-state index in [-0.39, 0.29) is 18.9 Å². The highest BCUT2D eigenvalue weighted by molar-refractivity contribution is 5.84. The second kappa shape index (κ2) is 51.7. The minimum atomic E-state index is -0.846. The molecular weight excluding hydrogens is 923 g/mol. The fraction of sp³-hybridized carbons (Fsp3) is 0.875. The maximum Gasteiger partial charge on any atom is 0.328 e. The lowest BCUT2D eigenvalue weighted by Crippen LogP contribution is -2.44. The average molecular weight is 1040 g/mol. The van der Waals surface area contributed by atoms with Gasteiger partial charge in [0, 0.05) is 45.6 Å². The molecule has 0 aliphatic heterocycles. The molecule has 0 aliphatic carbocycles. The molecule has 0 bridgehead atoms. The number of nitrogens with zero attached hydrogens (tertiary/aromatic N) is 2. The highest BCUT2D eigenvalue weighted by atomic mass is 16.5. The smallest absolute Gasteiger partial charge is 0.328 e. The van der Waals surface area contributed by atoms with Gasteiger partial charge in [-0.25, -0.2) is 4.79 Å². The van der Waals surface area contributed by atoms with Gasteiger partial charge in [0.25, 0.3) is 0 Å². The van der Waals surface area contributed by atoms with Gasteiger partial charge in [0.1, 0.15) is 6.04 Å². The molecule has 1 rings (SSSR count). The largest absolute Gasteiger partial charge is 0.464 e. The Morgan fingerprint density at radius 3 is 1.08 bits per heavy atom. The number of aliphatic hydroxyl groups excluding tert-OH is 4. The Hall–Kier alpha value is -2.08. The summed E-state index contributed by atoms with van der Waals surface area (Å²) in [6.45, 7) is 12.2. The van der Waals surface area contributed by atoms with Crippen molar-refractivity contribution in [3.63, 3.8) is 0 Å². The van der Waals surface area contributed by atoms with Gasteiger partial charge >= 0.3 is 5.97 Å². The standard InChI is InChI=1S/C64H121N3O7/c1-5-9-13-17-21-25-29-36-44-58(68)53-66(54-59(69)45-37-30-26-22-18-14-10-6-2)49-40-48-63(72)65-62(52-57-42-34-33-35-43-57)64(73)74-51-41-50-67(55-60(70)46-38-31-27-23-19-15-11-7-3)56-61(71)47-39-32-28-24-20-16-12-8-4/h33-35,42-43,58-62,68-71H,5-32,36-41,44-56H2,1-4H3,(H,65,72)/t58?,59?,60?,61?,62-/m0/s1. The van der Waals surface area contributed by atoms with Crippen LogP contribution in [-0.2, 0) is 20.7 Å². The molecule has 0 aliphatic rings. The third-order valence-electron chi connectivity index (χ3n) is 15.1. The average Bonchev–Trinajstić information content (AvgIpc) is 3.38. The highest BCUT2D eigenvalue weighted by Gasteiger charge is 2.24. The SMILES string of the molecule is CCCCCCCCCCC(O)CN(CCCOC(=O)[C@H](Cc1ccccc1)NC(=O)CCCN(CC(O)CCCCCCCCCC)CC(O)CCCCCCCCCC)CC(O)CCCCCCCCCC. The number of carbonyl (C=O) groups excluding carboxylic acids is 2. The molecule has 1 aromatic carbocycles. The number of hydrogen-bond donors (Lipinski definition) is 5. The molecular formula is C64H121N3O7. The van der Waals surface area contributed by atoms with Gasteiger partial charge in [0.15, 0.2) is 0 Å². The number of carbonyl (C=O) groups is 2. The van der Waals surface area contributed by atoms with E-state index >= 15 is 0 Å². The van der Waals surface area contributed by atoms with Crippen molar-refractivity contribution in [3.05, 3.63) is 35.9 Å². The number of rotatable bonds is 56. The maximum atomic E-state index is 13.8. The zero-order valence-corrected chi connectivity index (χ0v) is 48.9. The molecule has 5 N–H and O–H groups in total. The Bertz CT molecular complexity index is 1300. The van der Waals surface area contributed by atoms with Crippen molar-refractivity contribution >= 4 is 11.9 Å². The van der Waals surface area contributed by atoms with Gasteiger partial charge in [-0.2, -0.15) is 0 Å². The summed E-state index contributed by atoms with van der Waals surface area (Å²) in [5.74, 6) is -0.683. The van der Waals surface area contributed by atoms with Crippen molar-refractivity contribution in [2.75, 3.05) is 45.9 Å². The van der Waals surface area contributed by atoms with Crippen molar-refractivity contribution < 1.29 is 34.8 Å². The van der Waals surface area contributed by atoms with Crippen LogP contribution in [0.15, 0.2) is 30.3 Å². The topological polar surface area (TPSA) is 143 Å². The van der Waals surface area contributed by atoms with E-state index in [0.717, 1.165) is 82.6 Å². The van der Waals surface area contributed by atoms with E-state index in [1.165, 1.54) is 154 Å². The Labute approximate surface area is 456 Å². The molecule has 0 radical (unpaired) electrons. The summed E-state index contributed by atoms with van der Waals surface area (Å²) in [7, 11) is 0. The van der Waals surface area contributed by atoms with Gasteiger partial charge < -0.3 is 30.5 Å². The fourth-order valence-corrected chi connectivity index (χ4v) is 10.5. The number of hydrogen-bond acceptors (Lipinski definition) is 9. The zero-order chi connectivity index (χ0) is 54.0. The van der Waals surface area contributed by atoms with Crippen molar-refractivity contribution in [2.45, 2.75) is 315 Å². The molecule has 10 nitrogen and oxygen atoms in total. The summed E-state index contributed by atoms with van der Waals surface area (Å²) in [6, 6.07) is 8.86. The Balaban J connectivity index is 2.85. The molecule has 0 heterocycles. The number of ether oxygens (including phenoxy) is 1. The summed E-state index contributed by atoms with van der Waals surface area (Å²) in [5, 5.41) is 47.5. The zero-order valence-electron chi connectivity index (χ0n) is 48.9. The van der Waals surface area contributed by atoms with Crippen molar-refractivity contribution in [2.24, 2.45) is 0 Å². The van der Waals surface area contributed by atoms with Crippen molar-refractivity contribution in [1.82, 2.24) is 15.1 Å². The van der Waals surface area contributed by atoms with Gasteiger partial charge in [-0.3, -0.25) is 14.6 Å². The second-order valence-electron chi connectivity index (χ2n) is 22.6. The molecule has 434 valence electrons. The van der Waals surface area contributed by atoms with Gasteiger partial charge in [-0.15, -0.1) is 0 Å². The molecule has 10 heteroatoms. The Morgan fingerprint density at radius 2 is 0.743 bits per heavy atom. The summed E-state index contributed by atoms with van der Waals surface area (Å²) >= 11 is 0. The van der Waals surface area contributed by atoms with Crippen LogP contribution in [0.5, 0.6) is 0 Å². The molecule has 0 saturated heterocycles. The number of unbranched alkanes of at least 4 members (excludes halogenated alkanes) is 28. The predicted molar refractivity (Wildman–Crippen MR) is 313 cm³/mol. The molecule has 1 amide bonds. The van der Waals surface area contributed by atoms with E-state index in [1.54, 1.807) is 0 Å². The fourth-order valence-electron chi connectivity index (χ4n) is 10.5. The number of amides is 1. The first kappa shape index (κ1) is 69.9. The second-order valence-corrected chi connectivity index (χ2v) is 22.6. The quantitative estimate of drug-likeness (QED) is 0.0318. The monoisotopic (exact) mass is 1040 g/mol. The van der Waals surface area contributed by atoms with Crippen LogP contribution < -0.4 is 5.32 Å². The van der Waals surface area contributed by atoms with E-state index in [1.807, 2.05) is 30.3 Å². The van der Waals surface area contributed by atoms with Crippen LogP contribution in [0.2, 0.25) is 0 Å². The first-order valence-electron chi connectivity index (χ1n) is 31.8. The van der Waals surface area contributed by atoms with E-state index in [9.17, 15) is 30.0 Å². The Morgan fingerprint density at radius 1 is 0.432 bits per heavy atom. The molecule has 0 spiro atoms. The van der Waals surface area contributed by atoms with Crippen LogP contribution in [0, 0.1) is 0 Å². The first-order valence-corrected chi connectivity index (χ1v) is 31.8. The van der Waals surface area contributed by atoms with E-state index in [2.05, 4.69) is 42.8 Å². The van der Waals surface area contributed by atoms with Crippen molar-refractivity contribution in [1.29, 1.82) is 0 Å². The third-order valence-corrected chi connectivity index (χ3v) is 15.1. The number of nitrogens with one attached hydrogen (secondary N) is 1. The lowest BCUT2D eigenvalue weighted by molar-refractivity contribution is -0.148. The molecule has 0 fully saturated rings. The molecule has 74 heavy (non-hydrogen) atoms. The van der Waals surface area contributed by atoms with Gasteiger partial charge in [-0.05, 0) is 50.6 Å². The summed E-state index contributed by atoms with van der Waals surface area (Å²) in [6.07, 6.45) is 41.7. The summed E-state index contributed by atoms with van der Waals surface area (Å²) in [4.78, 5) is 31.7. The number of benzene rings is 1. The number of esters is 1. The molecule has 0 saturated carbocycles. The minimum Gasteiger partial charge on any atom is -0.464 e. The molecule has 4 unspecified atom stereocenters. The third kappa shape index (κ3) is 44.0. The van der Waals surface area contributed by atoms with E-state index in [0.29, 0.717) is 58.5 Å². The lowest BCUT2D eigenvalue weighted by Gasteiger charge is -2.28. The normalized spacial score (nSPS) is 13.9. The highest BCUT2D eigenvalue weighted by Crippen LogP contribution is 2.17. The van der Waals surface area contributed by atoms with Crippen molar-refractivity contribution in [3.8, 4) is 0 Å². The predicted octanol–water partition coefficient (Wildman–Crippen LogP) is 14.6. The van der Waals surface area contributed by atoms with Crippen LogP contribution >= 0.6 is 0 Å². The first-order chi connectivity index (χ1) is 36.1. The van der Waals surface area contributed by atoms with Gasteiger partial charge in [0.2, 0.25) is 5.91 Å². The van der Waals surface area contributed by atoms with E-state index in [4.69, 9.17) is 4.74 Å². The molecule has 5 atom stereocenters. The van der Waals surface area contributed by atoms with E-state index < -0.39 is 36.4 Å². The Kier molecular flexibility index (Phi) is 48.8.